The molecular weight excluding hydrogens is 987 g/mol. The number of hydrogen-bond acceptors (Lipinski definition) is 13. The number of piperidine rings is 4. The van der Waals surface area contributed by atoms with Gasteiger partial charge in [0.1, 0.15) is 30.6 Å². The van der Waals surface area contributed by atoms with Crippen LogP contribution in [0.15, 0.2) is 59.2 Å². The van der Waals surface area contributed by atoms with Crippen LogP contribution in [0.4, 0.5) is 38.9 Å². The van der Waals surface area contributed by atoms with Gasteiger partial charge in [-0.2, -0.15) is 4.98 Å². The average Bonchev–Trinajstić information content (AvgIpc) is 3.68. The molecule has 1 atom stereocenters. The second-order valence-electron chi connectivity index (χ2n) is 20.6. The number of nitrogens with zero attached hydrogens (tertiary/aromatic N) is 7. The number of aryl methyl sites for hydroxylation is 2. The number of pyridine rings is 1. The summed E-state index contributed by atoms with van der Waals surface area (Å²) in [6, 6.07) is 14.8. The highest BCUT2D eigenvalue weighted by atomic mass is 79.9. The van der Waals surface area contributed by atoms with Gasteiger partial charge in [-0.1, -0.05) is 6.92 Å². The van der Waals surface area contributed by atoms with E-state index in [9.17, 15) is 23.3 Å². The molecular formula is C53H63BrFN10O5P. The van der Waals surface area contributed by atoms with Gasteiger partial charge >= 0.3 is 0 Å². The molecule has 0 saturated carbocycles. The van der Waals surface area contributed by atoms with Crippen LogP contribution in [-0.4, -0.2) is 115 Å². The Labute approximate surface area is 423 Å². The van der Waals surface area contributed by atoms with Crippen molar-refractivity contribution in [1.29, 1.82) is 0 Å². The van der Waals surface area contributed by atoms with Crippen molar-refractivity contribution in [2.24, 2.45) is 11.3 Å². The molecule has 1 unspecified atom stereocenters. The number of imide groups is 1. The number of nitrogens with one attached hydrogen (secondary N) is 3. The van der Waals surface area contributed by atoms with Gasteiger partial charge in [0.2, 0.25) is 17.8 Å². The van der Waals surface area contributed by atoms with E-state index in [0.29, 0.717) is 73.7 Å². The molecule has 15 nitrogen and oxygen atoms in total. The predicted molar refractivity (Wildman–Crippen MR) is 281 cm³/mol. The van der Waals surface area contributed by atoms with Gasteiger partial charge < -0.3 is 39.5 Å². The zero-order chi connectivity index (χ0) is 49.8. The lowest BCUT2D eigenvalue weighted by atomic mass is 9.71. The van der Waals surface area contributed by atoms with E-state index < -0.39 is 19.0 Å². The quantitative estimate of drug-likeness (QED) is 0.0803. The lowest BCUT2D eigenvalue weighted by Gasteiger charge is -2.48. The summed E-state index contributed by atoms with van der Waals surface area (Å²) >= 11 is 3.59. The smallest absolute Gasteiger partial charge is 0.255 e. The standard InChI is InChI=1S/C53H63BrFN10O5P/c1-6-34-26-43(59-52-56-29-39(54)49(61-52)58-42-10-9-41-38(48(42)71(4,5)69)27-40(55)32(2)57-41)46(70-3)28-45(34)64-23-17-53(18-24-64)15-21-62(22-16-53)30-33-13-19-63(20-14-33)36-7-8-37-35(25-36)31-65(51(37)68)44-11-12-47(66)60-50(44)67/h7-10,25-29,33,44H,6,11-24,30-31H2,1-5H3,(H,60,66,67)(H2,56,58,59,61). The molecule has 0 aliphatic carbocycles. The largest absolute Gasteiger partial charge is 0.494 e. The van der Waals surface area contributed by atoms with Gasteiger partial charge in [0.25, 0.3) is 5.91 Å². The minimum atomic E-state index is -2.91. The molecule has 18 heteroatoms. The number of benzene rings is 3. The Kier molecular flexibility index (Phi) is 13.6. The first kappa shape index (κ1) is 49.0. The van der Waals surface area contributed by atoms with Crippen molar-refractivity contribution in [2.45, 2.75) is 84.2 Å². The number of likely N-dealkylation sites (tertiary alicyclic amines) is 1. The first-order valence-electron chi connectivity index (χ1n) is 25.0. The molecule has 2 aromatic heterocycles. The number of amides is 3. The maximum absolute atomic E-state index is 14.8. The third kappa shape index (κ3) is 9.98. The van der Waals surface area contributed by atoms with Gasteiger partial charge in [0.05, 0.1) is 34.2 Å². The highest BCUT2D eigenvalue weighted by Crippen LogP contribution is 2.46. The maximum atomic E-state index is 14.8. The highest BCUT2D eigenvalue weighted by molar-refractivity contribution is 9.10. The number of fused-ring (bicyclic) bond motifs is 2. The first-order valence-corrected chi connectivity index (χ1v) is 28.4. The minimum Gasteiger partial charge on any atom is -0.494 e. The molecule has 0 radical (unpaired) electrons. The number of aromatic nitrogens is 3. The topological polar surface area (TPSA) is 165 Å². The summed E-state index contributed by atoms with van der Waals surface area (Å²) in [6.45, 7) is 14.9. The molecule has 5 aliphatic rings. The van der Waals surface area contributed by atoms with Crippen molar-refractivity contribution >= 4 is 91.5 Å². The van der Waals surface area contributed by atoms with Crippen molar-refractivity contribution in [1.82, 2.24) is 30.1 Å². The van der Waals surface area contributed by atoms with E-state index in [2.05, 4.69) is 87.7 Å². The van der Waals surface area contributed by atoms with Crippen LogP contribution in [0.2, 0.25) is 0 Å². The van der Waals surface area contributed by atoms with E-state index in [1.54, 1.807) is 44.5 Å². The van der Waals surface area contributed by atoms with E-state index >= 15 is 0 Å². The fourth-order valence-electron chi connectivity index (χ4n) is 11.6. The van der Waals surface area contributed by atoms with Crippen LogP contribution in [0.1, 0.15) is 85.5 Å². The van der Waals surface area contributed by atoms with Crippen LogP contribution < -0.4 is 35.8 Å². The van der Waals surface area contributed by atoms with Crippen molar-refractivity contribution in [3.05, 3.63) is 87.4 Å². The summed E-state index contributed by atoms with van der Waals surface area (Å²) < 4.78 is 35.0. The molecule has 5 aliphatic heterocycles. The van der Waals surface area contributed by atoms with Crippen molar-refractivity contribution in [3.8, 4) is 5.75 Å². The molecule has 0 bridgehead atoms. The van der Waals surface area contributed by atoms with Crippen LogP contribution in [-0.2, 0) is 27.1 Å². The second-order valence-corrected chi connectivity index (χ2v) is 24.6. The van der Waals surface area contributed by atoms with Crippen LogP contribution in [0, 0.1) is 24.1 Å². The fourth-order valence-corrected chi connectivity index (χ4v) is 13.4. The summed E-state index contributed by atoms with van der Waals surface area (Å²) in [5.41, 5.74) is 7.69. The minimum absolute atomic E-state index is 0.129. The van der Waals surface area contributed by atoms with Gasteiger partial charge in [-0.05, 0) is 166 Å². The Hall–Kier alpha value is -5.64. The van der Waals surface area contributed by atoms with Crippen LogP contribution in [0.3, 0.4) is 0 Å². The monoisotopic (exact) mass is 1050 g/mol. The zero-order valence-corrected chi connectivity index (χ0v) is 43.7. The fraction of sp³-hybridized carbons (Fsp3) is 0.472. The molecule has 3 N–H and O–H groups in total. The predicted octanol–water partition coefficient (Wildman–Crippen LogP) is 8.90. The molecule has 71 heavy (non-hydrogen) atoms. The van der Waals surface area contributed by atoms with E-state index in [-0.39, 0.29) is 29.8 Å². The van der Waals surface area contributed by atoms with Gasteiger partial charge in [-0.3, -0.25) is 24.7 Å². The summed E-state index contributed by atoms with van der Waals surface area (Å²) in [5, 5.41) is 10.1. The van der Waals surface area contributed by atoms with Gasteiger partial charge in [0.15, 0.2) is 0 Å². The molecule has 374 valence electrons. The third-order valence-electron chi connectivity index (χ3n) is 15.7. The SMILES string of the molecule is CCc1cc(Nc2ncc(Br)c(Nc3ccc4nc(C)c(F)cc4c3P(C)(C)=O)n2)c(OC)cc1N1CCC2(CCN(CC3CCN(c4ccc5c(c4)CN(C4CCC(=O)NC4=O)C5=O)CC3)CC2)CC1. The Morgan fingerprint density at radius 1 is 0.901 bits per heavy atom. The number of ether oxygens (including phenoxy) is 1. The number of rotatable bonds is 12. The zero-order valence-electron chi connectivity index (χ0n) is 41.2. The number of carbonyl (C=O) groups excluding carboxylic acids is 3. The Morgan fingerprint density at radius 2 is 1.65 bits per heavy atom. The third-order valence-corrected chi connectivity index (χ3v) is 17.9. The van der Waals surface area contributed by atoms with E-state index in [0.717, 1.165) is 82.0 Å². The highest BCUT2D eigenvalue weighted by Gasteiger charge is 2.41. The van der Waals surface area contributed by atoms with E-state index in [1.807, 2.05) is 12.1 Å². The van der Waals surface area contributed by atoms with Gasteiger partial charge in [-0.15, -0.1) is 0 Å². The Balaban J connectivity index is 0.728. The lowest BCUT2D eigenvalue weighted by Crippen LogP contribution is -2.52. The molecule has 4 fully saturated rings. The molecule has 3 amide bonds. The Bertz CT molecular complexity index is 2960. The first-order chi connectivity index (χ1) is 34.1. The summed E-state index contributed by atoms with van der Waals surface area (Å²) in [4.78, 5) is 60.6. The number of hydrogen-bond donors (Lipinski definition) is 3. The number of halogens is 2. The van der Waals surface area contributed by atoms with Crippen LogP contribution >= 0.6 is 23.1 Å². The molecule has 1 spiro atoms. The summed E-state index contributed by atoms with van der Waals surface area (Å²) in [7, 11) is -1.23. The molecule has 7 heterocycles. The second kappa shape index (κ2) is 19.8. The normalized spacial score (nSPS) is 19.9. The number of anilines is 6. The average molecular weight is 1050 g/mol. The number of methoxy groups -OCH3 is 1. The van der Waals surface area contributed by atoms with E-state index in [1.165, 1.54) is 43.0 Å². The Morgan fingerprint density at radius 3 is 2.35 bits per heavy atom. The van der Waals surface area contributed by atoms with Crippen LogP contribution in [0.5, 0.6) is 5.75 Å². The molecule has 3 aromatic carbocycles. The number of carbonyl (C=O) groups is 3. The van der Waals surface area contributed by atoms with Crippen molar-refractivity contribution in [3.63, 3.8) is 0 Å². The van der Waals surface area contributed by atoms with Gasteiger partial charge in [0, 0.05) is 85.6 Å². The van der Waals surface area contributed by atoms with Crippen molar-refractivity contribution in [2.75, 3.05) is 86.7 Å². The maximum Gasteiger partial charge on any atom is 0.255 e. The molecule has 10 rings (SSSR count). The van der Waals surface area contributed by atoms with E-state index in [4.69, 9.17) is 9.72 Å². The van der Waals surface area contributed by atoms with Crippen molar-refractivity contribution < 1.29 is 28.1 Å². The summed E-state index contributed by atoms with van der Waals surface area (Å²) in [5.74, 6) is 0.920. The van der Waals surface area contributed by atoms with Crippen LogP contribution in [0.25, 0.3) is 10.9 Å². The lowest BCUT2D eigenvalue weighted by molar-refractivity contribution is -0.136. The molecule has 5 aromatic rings. The van der Waals surface area contributed by atoms with Gasteiger partial charge in [-0.25, -0.2) is 9.37 Å². The summed E-state index contributed by atoms with van der Waals surface area (Å²) in [6.07, 6.45) is 10.2. The molecule has 4 saturated heterocycles.